The van der Waals surface area contributed by atoms with Gasteiger partial charge in [-0.25, -0.2) is 8.42 Å². The van der Waals surface area contributed by atoms with Crippen LogP contribution in [0.2, 0.25) is 0 Å². The summed E-state index contributed by atoms with van der Waals surface area (Å²) in [4.78, 5) is 0.331. The fourth-order valence-electron chi connectivity index (χ4n) is 2.62. The van der Waals surface area contributed by atoms with Crippen LogP contribution in [-0.2, 0) is 14.8 Å². The Bertz CT molecular complexity index is 742. The van der Waals surface area contributed by atoms with Crippen molar-refractivity contribution in [2.75, 3.05) is 25.6 Å². The number of sulfonamides is 1. The summed E-state index contributed by atoms with van der Waals surface area (Å²) in [5.41, 5.74) is 0. The summed E-state index contributed by atoms with van der Waals surface area (Å²) in [6, 6.07) is 12.5. The van der Waals surface area contributed by atoms with Gasteiger partial charge in [-0.05, 0) is 11.5 Å². The van der Waals surface area contributed by atoms with Gasteiger partial charge in [0.25, 0.3) is 0 Å². The van der Waals surface area contributed by atoms with Crippen molar-refractivity contribution in [3.63, 3.8) is 0 Å². The molecule has 1 fully saturated rings. The van der Waals surface area contributed by atoms with Gasteiger partial charge in [-0.2, -0.15) is 4.31 Å². The van der Waals surface area contributed by atoms with Crippen molar-refractivity contribution < 1.29 is 13.2 Å². The summed E-state index contributed by atoms with van der Waals surface area (Å²) >= 11 is 5.90. The molecule has 0 bridgehead atoms. The zero-order valence-electron chi connectivity index (χ0n) is 11.4. The second-order valence-corrected chi connectivity index (χ2v) is 7.14. The highest BCUT2D eigenvalue weighted by Crippen LogP contribution is 2.27. The Hall–Kier alpha value is -1.14. The maximum Gasteiger partial charge on any atom is 0.244 e. The molecule has 3 rings (SSSR count). The third-order valence-corrected chi connectivity index (χ3v) is 6.05. The minimum Gasteiger partial charge on any atom is -0.378 e. The van der Waals surface area contributed by atoms with Gasteiger partial charge < -0.3 is 4.74 Å². The minimum absolute atomic E-state index is 0.226. The van der Waals surface area contributed by atoms with E-state index in [9.17, 15) is 8.42 Å². The van der Waals surface area contributed by atoms with Gasteiger partial charge in [0.1, 0.15) is 0 Å². The normalized spacial score (nSPS) is 20.7. The highest BCUT2D eigenvalue weighted by Gasteiger charge is 2.34. The number of morpholine rings is 1. The van der Waals surface area contributed by atoms with Crippen LogP contribution >= 0.6 is 11.6 Å². The van der Waals surface area contributed by atoms with Gasteiger partial charge in [0.05, 0.1) is 24.2 Å². The molecule has 0 spiro atoms. The molecule has 1 atom stereocenters. The molecule has 0 aliphatic carbocycles. The molecular weight excluding hydrogens is 310 g/mol. The second-order valence-electron chi connectivity index (χ2n) is 4.98. The third-order valence-electron chi connectivity index (χ3n) is 3.69. The number of halogens is 1. The Morgan fingerprint density at radius 1 is 1.19 bits per heavy atom. The molecule has 6 heteroatoms. The average Bonchev–Trinajstić information content (AvgIpc) is 2.54. The molecule has 1 saturated heterocycles. The maximum atomic E-state index is 13.0. The number of ether oxygens (including phenoxy) is 1. The highest BCUT2D eigenvalue weighted by molar-refractivity contribution is 7.89. The Labute approximate surface area is 129 Å². The van der Waals surface area contributed by atoms with E-state index < -0.39 is 10.0 Å². The van der Waals surface area contributed by atoms with Crippen molar-refractivity contribution in [3.05, 3.63) is 42.5 Å². The monoisotopic (exact) mass is 325 g/mol. The Balaban J connectivity index is 2.12. The molecule has 1 aliphatic heterocycles. The van der Waals surface area contributed by atoms with E-state index in [2.05, 4.69) is 0 Å². The van der Waals surface area contributed by atoms with E-state index in [1.165, 1.54) is 4.31 Å². The van der Waals surface area contributed by atoms with Gasteiger partial charge in [-0.3, -0.25) is 0 Å². The summed E-state index contributed by atoms with van der Waals surface area (Å²) < 4.78 is 32.8. The van der Waals surface area contributed by atoms with Crippen molar-refractivity contribution >= 4 is 32.4 Å². The van der Waals surface area contributed by atoms with E-state index in [0.717, 1.165) is 10.8 Å². The fraction of sp³-hybridized carbons (Fsp3) is 0.333. The standard InChI is InChI=1S/C15H16ClNO3S/c16-10-13-11-20-9-8-17(13)21(18,19)15-7-3-5-12-4-1-2-6-14(12)15/h1-7,13H,8-11H2. The number of nitrogens with zero attached hydrogens (tertiary/aromatic N) is 1. The van der Waals surface area contributed by atoms with E-state index in [1.807, 2.05) is 30.3 Å². The van der Waals surface area contributed by atoms with Crippen molar-refractivity contribution in [2.45, 2.75) is 10.9 Å². The molecule has 1 aliphatic rings. The first kappa shape index (κ1) is 14.8. The van der Waals surface area contributed by atoms with Crippen molar-refractivity contribution in [2.24, 2.45) is 0 Å². The molecular formula is C15H16ClNO3S. The third kappa shape index (κ3) is 2.66. The number of benzene rings is 2. The predicted octanol–water partition coefficient (Wildman–Crippen LogP) is 2.47. The summed E-state index contributed by atoms with van der Waals surface area (Å²) in [6.07, 6.45) is 0. The number of hydrogen-bond acceptors (Lipinski definition) is 3. The predicted molar refractivity (Wildman–Crippen MR) is 83.2 cm³/mol. The van der Waals surface area contributed by atoms with E-state index in [4.69, 9.17) is 16.3 Å². The van der Waals surface area contributed by atoms with Crippen LogP contribution in [0, 0.1) is 0 Å². The first-order valence-electron chi connectivity index (χ1n) is 6.78. The highest BCUT2D eigenvalue weighted by atomic mass is 35.5. The lowest BCUT2D eigenvalue weighted by Gasteiger charge is -2.33. The topological polar surface area (TPSA) is 46.6 Å². The minimum atomic E-state index is -3.58. The number of hydrogen-bond donors (Lipinski definition) is 0. The van der Waals surface area contributed by atoms with Crippen LogP contribution in [0.3, 0.4) is 0 Å². The molecule has 0 N–H and O–H groups in total. The van der Waals surface area contributed by atoms with Crippen LogP contribution in [0.4, 0.5) is 0 Å². The Kier molecular flexibility index (Phi) is 4.17. The van der Waals surface area contributed by atoms with E-state index in [1.54, 1.807) is 12.1 Å². The molecule has 1 unspecified atom stereocenters. The molecule has 2 aromatic rings. The number of alkyl halides is 1. The zero-order valence-corrected chi connectivity index (χ0v) is 13.0. The van der Waals surface area contributed by atoms with Crippen LogP contribution in [0.25, 0.3) is 10.8 Å². The summed E-state index contributed by atoms with van der Waals surface area (Å²) in [7, 11) is -3.58. The summed E-state index contributed by atoms with van der Waals surface area (Å²) in [5, 5.41) is 1.65. The zero-order chi connectivity index (χ0) is 14.9. The summed E-state index contributed by atoms with van der Waals surface area (Å²) in [6.45, 7) is 1.08. The lowest BCUT2D eigenvalue weighted by atomic mass is 10.1. The Morgan fingerprint density at radius 3 is 2.76 bits per heavy atom. The molecule has 4 nitrogen and oxygen atoms in total. The van der Waals surface area contributed by atoms with Gasteiger partial charge >= 0.3 is 0 Å². The van der Waals surface area contributed by atoms with Crippen molar-refractivity contribution in [1.82, 2.24) is 4.31 Å². The number of rotatable bonds is 3. The van der Waals surface area contributed by atoms with Gasteiger partial charge in [0, 0.05) is 17.8 Å². The molecule has 112 valence electrons. The molecule has 0 aromatic heterocycles. The molecule has 21 heavy (non-hydrogen) atoms. The van der Waals surface area contributed by atoms with E-state index >= 15 is 0 Å². The summed E-state index contributed by atoms with van der Waals surface area (Å²) in [5.74, 6) is 0.226. The molecule has 0 saturated carbocycles. The van der Waals surface area contributed by atoms with Crippen LogP contribution < -0.4 is 0 Å². The molecule has 0 amide bonds. The van der Waals surface area contributed by atoms with Crippen molar-refractivity contribution in [3.8, 4) is 0 Å². The van der Waals surface area contributed by atoms with Crippen LogP contribution in [0.5, 0.6) is 0 Å². The van der Waals surface area contributed by atoms with E-state index in [0.29, 0.717) is 24.7 Å². The first-order valence-corrected chi connectivity index (χ1v) is 8.75. The average molecular weight is 326 g/mol. The smallest absolute Gasteiger partial charge is 0.244 e. The van der Waals surface area contributed by atoms with Crippen LogP contribution in [0.15, 0.2) is 47.4 Å². The van der Waals surface area contributed by atoms with Gasteiger partial charge in [-0.1, -0.05) is 36.4 Å². The van der Waals surface area contributed by atoms with Crippen LogP contribution in [0.1, 0.15) is 0 Å². The van der Waals surface area contributed by atoms with Gasteiger partial charge in [-0.15, -0.1) is 11.6 Å². The SMILES string of the molecule is O=S(=O)(c1cccc2ccccc12)N1CCOCC1CCl. The lowest BCUT2D eigenvalue weighted by Crippen LogP contribution is -2.49. The quantitative estimate of drug-likeness (QED) is 0.814. The van der Waals surface area contributed by atoms with Gasteiger partial charge in [0.15, 0.2) is 0 Å². The molecule has 2 aromatic carbocycles. The first-order chi connectivity index (χ1) is 10.1. The Morgan fingerprint density at radius 2 is 1.95 bits per heavy atom. The van der Waals surface area contributed by atoms with E-state index in [-0.39, 0.29) is 11.9 Å². The fourth-order valence-corrected chi connectivity index (χ4v) is 4.77. The second kappa shape index (κ2) is 5.93. The number of fused-ring (bicyclic) bond motifs is 1. The maximum absolute atomic E-state index is 13.0. The largest absolute Gasteiger partial charge is 0.378 e. The van der Waals surface area contributed by atoms with Gasteiger partial charge in [0.2, 0.25) is 10.0 Å². The van der Waals surface area contributed by atoms with Crippen molar-refractivity contribution in [1.29, 1.82) is 0 Å². The molecule has 1 heterocycles. The lowest BCUT2D eigenvalue weighted by molar-refractivity contribution is 0.0405. The molecule has 0 radical (unpaired) electrons. The van der Waals surface area contributed by atoms with Crippen LogP contribution in [-0.4, -0.2) is 44.4 Å².